The number of carbonyl (C=O) groups is 2. The van der Waals surface area contributed by atoms with Crippen molar-refractivity contribution in [2.45, 2.75) is 13.8 Å². The molecule has 2 amide bonds. The van der Waals surface area contributed by atoms with Gasteiger partial charge < -0.3 is 10.6 Å². The SMILES string of the molecule is Cc1nc(NC(=O)CNC(=O)c2ccc(F)cc2F)sc1C. The number of hydrogen-bond donors (Lipinski definition) is 2. The fraction of sp³-hybridized carbons (Fsp3) is 0.214. The van der Waals surface area contributed by atoms with Crippen LogP contribution in [0.3, 0.4) is 0 Å². The summed E-state index contributed by atoms with van der Waals surface area (Å²) < 4.78 is 26.2. The van der Waals surface area contributed by atoms with Gasteiger partial charge in [0.1, 0.15) is 11.6 Å². The van der Waals surface area contributed by atoms with Crippen LogP contribution in [0, 0.1) is 25.5 Å². The van der Waals surface area contributed by atoms with Gasteiger partial charge in [0.25, 0.3) is 5.91 Å². The first kappa shape index (κ1) is 16.0. The Kier molecular flexibility index (Phi) is 4.81. The molecule has 5 nitrogen and oxygen atoms in total. The van der Waals surface area contributed by atoms with Crippen molar-refractivity contribution in [1.82, 2.24) is 10.3 Å². The van der Waals surface area contributed by atoms with Crippen molar-refractivity contribution in [2.24, 2.45) is 0 Å². The van der Waals surface area contributed by atoms with E-state index in [4.69, 9.17) is 0 Å². The molecule has 0 radical (unpaired) electrons. The van der Waals surface area contributed by atoms with Gasteiger partial charge in [-0.3, -0.25) is 9.59 Å². The van der Waals surface area contributed by atoms with Crippen LogP contribution >= 0.6 is 11.3 Å². The first-order chi connectivity index (χ1) is 10.4. The lowest BCUT2D eigenvalue weighted by Gasteiger charge is -2.06. The topological polar surface area (TPSA) is 71.1 Å². The van der Waals surface area contributed by atoms with Crippen molar-refractivity contribution in [3.8, 4) is 0 Å². The second kappa shape index (κ2) is 6.61. The number of hydrogen-bond acceptors (Lipinski definition) is 4. The number of rotatable bonds is 4. The lowest BCUT2D eigenvalue weighted by Crippen LogP contribution is -2.33. The largest absolute Gasteiger partial charge is 0.343 e. The Morgan fingerprint density at radius 3 is 2.59 bits per heavy atom. The summed E-state index contributed by atoms with van der Waals surface area (Å²) >= 11 is 1.32. The number of amides is 2. The van der Waals surface area contributed by atoms with E-state index in [-0.39, 0.29) is 12.1 Å². The summed E-state index contributed by atoms with van der Waals surface area (Å²) in [5.41, 5.74) is 0.493. The minimum Gasteiger partial charge on any atom is -0.343 e. The van der Waals surface area contributed by atoms with Crippen LogP contribution in [0.4, 0.5) is 13.9 Å². The quantitative estimate of drug-likeness (QED) is 0.907. The number of nitrogens with zero attached hydrogens (tertiary/aromatic N) is 1. The molecule has 0 bridgehead atoms. The second-order valence-corrected chi connectivity index (χ2v) is 5.72. The summed E-state index contributed by atoms with van der Waals surface area (Å²) in [6.45, 7) is 3.36. The van der Waals surface area contributed by atoms with Crippen LogP contribution in [0.5, 0.6) is 0 Å². The van der Waals surface area contributed by atoms with Gasteiger partial charge >= 0.3 is 0 Å². The molecule has 1 aromatic carbocycles. The molecule has 8 heteroatoms. The molecule has 1 heterocycles. The zero-order valence-corrected chi connectivity index (χ0v) is 12.7. The number of aromatic nitrogens is 1. The molecule has 0 aliphatic rings. The highest BCUT2D eigenvalue weighted by Gasteiger charge is 2.14. The first-order valence-electron chi connectivity index (χ1n) is 6.34. The van der Waals surface area contributed by atoms with Gasteiger partial charge in [-0.1, -0.05) is 0 Å². The highest BCUT2D eigenvalue weighted by Crippen LogP contribution is 2.20. The maximum absolute atomic E-state index is 13.4. The van der Waals surface area contributed by atoms with Crippen molar-refractivity contribution in [2.75, 3.05) is 11.9 Å². The van der Waals surface area contributed by atoms with Crippen LogP contribution < -0.4 is 10.6 Å². The third kappa shape index (κ3) is 3.85. The predicted octanol–water partition coefficient (Wildman–Crippen LogP) is 2.41. The molecule has 2 aromatic rings. The fourth-order valence-electron chi connectivity index (χ4n) is 1.62. The third-order valence-corrected chi connectivity index (χ3v) is 3.85. The van der Waals surface area contributed by atoms with E-state index in [1.165, 1.54) is 11.3 Å². The fourth-order valence-corrected chi connectivity index (χ4v) is 2.45. The third-order valence-electron chi connectivity index (χ3n) is 2.86. The Labute approximate surface area is 129 Å². The van der Waals surface area contributed by atoms with Crippen LogP contribution in [0.15, 0.2) is 18.2 Å². The minimum absolute atomic E-state index is 0.324. The lowest BCUT2D eigenvalue weighted by molar-refractivity contribution is -0.115. The minimum atomic E-state index is -0.982. The molecule has 0 saturated carbocycles. The molecule has 1 aromatic heterocycles. The Balaban J connectivity index is 1.91. The first-order valence-corrected chi connectivity index (χ1v) is 7.15. The van der Waals surface area contributed by atoms with E-state index in [9.17, 15) is 18.4 Å². The normalized spacial score (nSPS) is 10.4. The van der Waals surface area contributed by atoms with E-state index in [2.05, 4.69) is 15.6 Å². The monoisotopic (exact) mass is 325 g/mol. The van der Waals surface area contributed by atoms with Gasteiger partial charge in [0.15, 0.2) is 5.13 Å². The maximum Gasteiger partial charge on any atom is 0.254 e. The Hall–Kier alpha value is -2.35. The lowest BCUT2D eigenvalue weighted by atomic mass is 10.2. The molecule has 0 unspecified atom stereocenters. The number of halogens is 2. The Morgan fingerprint density at radius 1 is 1.27 bits per heavy atom. The Bertz CT molecular complexity index is 711. The molecule has 2 N–H and O–H groups in total. The van der Waals surface area contributed by atoms with E-state index in [0.717, 1.165) is 22.7 Å². The van der Waals surface area contributed by atoms with Crippen LogP contribution in [-0.4, -0.2) is 23.3 Å². The van der Waals surface area contributed by atoms with Gasteiger partial charge in [-0.25, -0.2) is 13.8 Å². The van der Waals surface area contributed by atoms with Crippen molar-refractivity contribution in [3.63, 3.8) is 0 Å². The smallest absolute Gasteiger partial charge is 0.254 e. The molecule has 0 saturated heterocycles. The number of carbonyl (C=O) groups excluding carboxylic acids is 2. The number of aryl methyl sites for hydroxylation is 2. The standard InChI is InChI=1S/C14H13F2N3O2S/c1-7-8(2)22-14(18-7)19-12(20)6-17-13(21)10-4-3-9(15)5-11(10)16/h3-5H,6H2,1-2H3,(H,17,21)(H,18,19,20). The molecule has 0 fully saturated rings. The maximum atomic E-state index is 13.4. The zero-order valence-electron chi connectivity index (χ0n) is 11.9. The average Bonchev–Trinajstić information content (AvgIpc) is 2.74. The predicted molar refractivity (Wildman–Crippen MR) is 78.9 cm³/mol. The molecule has 2 rings (SSSR count). The van der Waals surface area contributed by atoms with Crippen LogP contribution in [0.1, 0.15) is 20.9 Å². The van der Waals surface area contributed by atoms with Gasteiger partial charge in [-0.2, -0.15) is 0 Å². The van der Waals surface area contributed by atoms with E-state index >= 15 is 0 Å². The molecule has 0 aliphatic heterocycles. The van der Waals surface area contributed by atoms with Gasteiger partial charge in [-0.05, 0) is 26.0 Å². The molecule has 0 aliphatic carbocycles. The van der Waals surface area contributed by atoms with E-state index in [1.807, 2.05) is 13.8 Å². The molecular weight excluding hydrogens is 312 g/mol. The van der Waals surface area contributed by atoms with Crippen LogP contribution in [0.25, 0.3) is 0 Å². The molecule has 0 spiro atoms. The van der Waals surface area contributed by atoms with Crippen LogP contribution in [-0.2, 0) is 4.79 Å². The van der Waals surface area contributed by atoms with Gasteiger partial charge in [0.05, 0.1) is 17.8 Å². The number of nitrogens with one attached hydrogen (secondary N) is 2. The molecule has 0 atom stereocenters. The summed E-state index contributed by atoms with van der Waals surface area (Å²) in [5.74, 6) is -3.03. The summed E-state index contributed by atoms with van der Waals surface area (Å²) in [5, 5.41) is 5.23. The molecule has 22 heavy (non-hydrogen) atoms. The number of anilines is 1. The van der Waals surface area contributed by atoms with Crippen molar-refractivity contribution < 1.29 is 18.4 Å². The Morgan fingerprint density at radius 2 is 2.00 bits per heavy atom. The zero-order chi connectivity index (χ0) is 16.3. The molecule has 116 valence electrons. The van der Waals surface area contributed by atoms with Gasteiger partial charge in [-0.15, -0.1) is 11.3 Å². The van der Waals surface area contributed by atoms with Gasteiger partial charge in [0, 0.05) is 10.9 Å². The van der Waals surface area contributed by atoms with Crippen LogP contribution in [0.2, 0.25) is 0 Å². The van der Waals surface area contributed by atoms with Crippen molar-refractivity contribution >= 4 is 28.3 Å². The van der Waals surface area contributed by atoms with Crippen molar-refractivity contribution in [3.05, 3.63) is 46.0 Å². The summed E-state index contributed by atoms with van der Waals surface area (Å²) in [7, 11) is 0. The van der Waals surface area contributed by atoms with Crippen molar-refractivity contribution in [1.29, 1.82) is 0 Å². The average molecular weight is 325 g/mol. The highest BCUT2D eigenvalue weighted by molar-refractivity contribution is 7.15. The van der Waals surface area contributed by atoms with E-state index in [1.54, 1.807) is 0 Å². The number of benzene rings is 1. The van der Waals surface area contributed by atoms with E-state index < -0.39 is 23.4 Å². The highest BCUT2D eigenvalue weighted by atomic mass is 32.1. The summed E-state index contributed by atoms with van der Waals surface area (Å²) in [6, 6.07) is 2.60. The molecular formula is C14H13F2N3O2S. The van der Waals surface area contributed by atoms with Gasteiger partial charge in [0.2, 0.25) is 5.91 Å². The van der Waals surface area contributed by atoms with E-state index in [0.29, 0.717) is 11.2 Å². The number of thiazole rings is 1. The summed E-state index contributed by atoms with van der Waals surface area (Å²) in [4.78, 5) is 28.5. The summed E-state index contributed by atoms with van der Waals surface area (Å²) in [6.07, 6.45) is 0. The second-order valence-electron chi connectivity index (χ2n) is 4.52.